The lowest BCUT2D eigenvalue weighted by atomic mass is 10.1. The molecule has 3 aromatic rings. The lowest BCUT2D eigenvalue weighted by Crippen LogP contribution is -1.92. The number of aromatic nitrogens is 2. The zero-order valence-corrected chi connectivity index (χ0v) is 14.1. The third-order valence-corrected chi connectivity index (χ3v) is 4.61. The lowest BCUT2D eigenvalue weighted by Gasteiger charge is -2.08. The van der Waals surface area contributed by atoms with Crippen LogP contribution in [0, 0.1) is 10.1 Å². The number of thioether (sulfide) groups is 1. The Morgan fingerprint density at radius 1 is 1.24 bits per heavy atom. The maximum atomic E-state index is 10.9. The fourth-order valence-corrected chi connectivity index (χ4v) is 3.04. The molecule has 0 radical (unpaired) electrons. The van der Waals surface area contributed by atoms with E-state index in [2.05, 4.69) is 10.2 Å². The number of hydrogen-bond donors (Lipinski definition) is 1. The minimum atomic E-state index is -0.415. The molecule has 0 aliphatic heterocycles. The molecule has 0 spiro atoms. The molecule has 7 nitrogen and oxygen atoms in total. The number of hydrogen-bond acceptors (Lipinski definition) is 7. The summed E-state index contributed by atoms with van der Waals surface area (Å²) in [6.45, 7) is 1.90. The Balaban J connectivity index is 1.74. The summed E-state index contributed by atoms with van der Waals surface area (Å²) in [4.78, 5) is 10.5. The zero-order valence-electron chi connectivity index (χ0n) is 13.3. The number of nitrogens with zero attached hydrogens (tertiary/aromatic N) is 3. The van der Waals surface area contributed by atoms with Gasteiger partial charge in [0.1, 0.15) is 0 Å². The minimum absolute atomic E-state index is 0.0219. The van der Waals surface area contributed by atoms with Crippen molar-refractivity contribution in [3.8, 4) is 11.5 Å². The molecule has 1 unspecified atom stereocenters. The van der Waals surface area contributed by atoms with E-state index in [4.69, 9.17) is 9.52 Å². The van der Waals surface area contributed by atoms with Crippen LogP contribution < -0.4 is 0 Å². The summed E-state index contributed by atoms with van der Waals surface area (Å²) in [6, 6.07) is 13.7. The van der Waals surface area contributed by atoms with Gasteiger partial charge in [-0.1, -0.05) is 36.0 Å². The topological polar surface area (TPSA) is 102 Å². The zero-order chi connectivity index (χ0) is 17.8. The van der Waals surface area contributed by atoms with E-state index < -0.39 is 4.92 Å². The van der Waals surface area contributed by atoms with Gasteiger partial charge in [-0.05, 0) is 30.2 Å². The number of rotatable bonds is 6. The Kier molecular flexibility index (Phi) is 5.11. The van der Waals surface area contributed by atoms with Crippen LogP contribution in [0.3, 0.4) is 0 Å². The fraction of sp³-hybridized carbons (Fsp3) is 0.176. The van der Waals surface area contributed by atoms with Crippen LogP contribution in [0.1, 0.15) is 23.3 Å². The SMILES string of the molecule is CC(Sc1nnc(-c2ccc(CO)cc2)o1)c1cccc([N+](=O)[O-])c1. The number of aliphatic hydroxyl groups excluding tert-OH is 1. The molecule has 1 aromatic heterocycles. The number of benzene rings is 2. The molecule has 1 N–H and O–H groups in total. The first-order valence-electron chi connectivity index (χ1n) is 7.51. The van der Waals surface area contributed by atoms with Gasteiger partial charge in [-0.25, -0.2) is 0 Å². The first-order valence-corrected chi connectivity index (χ1v) is 8.39. The van der Waals surface area contributed by atoms with Gasteiger partial charge in [-0.2, -0.15) is 0 Å². The minimum Gasteiger partial charge on any atom is -0.411 e. The van der Waals surface area contributed by atoms with Crippen molar-refractivity contribution in [2.24, 2.45) is 0 Å². The molecule has 0 aliphatic rings. The van der Waals surface area contributed by atoms with E-state index in [0.29, 0.717) is 11.1 Å². The predicted octanol–water partition coefficient (Wildman–Crippen LogP) is 3.99. The van der Waals surface area contributed by atoms with Crippen molar-refractivity contribution in [3.05, 3.63) is 69.8 Å². The van der Waals surface area contributed by atoms with Crippen LogP contribution in [-0.4, -0.2) is 20.2 Å². The van der Waals surface area contributed by atoms with Crippen LogP contribution >= 0.6 is 11.8 Å². The Labute approximate surface area is 147 Å². The van der Waals surface area contributed by atoms with E-state index >= 15 is 0 Å². The molecule has 25 heavy (non-hydrogen) atoms. The van der Waals surface area contributed by atoms with Gasteiger partial charge in [0.25, 0.3) is 10.9 Å². The second kappa shape index (κ2) is 7.45. The van der Waals surface area contributed by atoms with Crippen molar-refractivity contribution >= 4 is 17.4 Å². The molecular formula is C17H15N3O4S. The van der Waals surface area contributed by atoms with Crippen molar-refractivity contribution in [1.82, 2.24) is 10.2 Å². The molecule has 0 saturated heterocycles. The molecule has 0 aliphatic carbocycles. The molecule has 128 valence electrons. The number of nitro benzene ring substituents is 1. The summed E-state index contributed by atoms with van der Waals surface area (Å²) >= 11 is 1.34. The van der Waals surface area contributed by atoms with Crippen molar-refractivity contribution in [2.75, 3.05) is 0 Å². The summed E-state index contributed by atoms with van der Waals surface area (Å²) < 4.78 is 5.66. The summed E-state index contributed by atoms with van der Waals surface area (Å²) in [6.07, 6.45) is 0. The molecule has 1 atom stereocenters. The van der Waals surface area contributed by atoms with E-state index in [1.165, 1.54) is 17.8 Å². The number of nitro groups is 1. The van der Waals surface area contributed by atoms with Crippen LogP contribution in [0.4, 0.5) is 5.69 Å². The molecule has 2 aromatic carbocycles. The standard InChI is InChI=1S/C17H15N3O4S/c1-11(14-3-2-4-15(9-14)20(22)23)25-17-19-18-16(24-17)13-7-5-12(10-21)6-8-13/h2-9,11,21H,10H2,1H3. The highest BCUT2D eigenvalue weighted by Crippen LogP contribution is 2.36. The molecule has 0 amide bonds. The van der Waals surface area contributed by atoms with Gasteiger partial charge in [0.05, 0.1) is 11.5 Å². The van der Waals surface area contributed by atoms with Gasteiger partial charge >= 0.3 is 0 Å². The molecule has 0 saturated carbocycles. The maximum Gasteiger partial charge on any atom is 0.277 e. The van der Waals surface area contributed by atoms with Crippen LogP contribution in [0.25, 0.3) is 11.5 Å². The summed E-state index contributed by atoms with van der Waals surface area (Å²) in [5, 5.41) is 28.3. The van der Waals surface area contributed by atoms with Gasteiger partial charge in [0, 0.05) is 22.9 Å². The molecular weight excluding hydrogens is 342 g/mol. The average molecular weight is 357 g/mol. The fourth-order valence-electron chi connectivity index (χ4n) is 2.24. The van der Waals surface area contributed by atoms with E-state index in [0.717, 1.165) is 16.7 Å². The highest BCUT2D eigenvalue weighted by molar-refractivity contribution is 7.99. The highest BCUT2D eigenvalue weighted by Gasteiger charge is 2.16. The van der Waals surface area contributed by atoms with Gasteiger partial charge < -0.3 is 9.52 Å². The van der Waals surface area contributed by atoms with E-state index in [1.54, 1.807) is 36.4 Å². The van der Waals surface area contributed by atoms with E-state index in [9.17, 15) is 10.1 Å². The Hall–Kier alpha value is -2.71. The molecule has 0 bridgehead atoms. The Bertz CT molecular complexity index is 880. The predicted molar refractivity (Wildman–Crippen MR) is 93.0 cm³/mol. The maximum absolute atomic E-state index is 10.9. The monoisotopic (exact) mass is 357 g/mol. The third-order valence-electron chi connectivity index (χ3n) is 3.62. The van der Waals surface area contributed by atoms with E-state index in [1.807, 2.05) is 13.0 Å². The molecule has 0 fully saturated rings. The van der Waals surface area contributed by atoms with Gasteiger partial charge in [-0.15, -0.1) is 10.2 Å². The quantitative estimate of drug-likeness (QED) is 0.404. The normalized spacial score (nSPS) is 12.1. The summed E-state index contributed by atoms with van der Waals surface area (Å²) in [5.74, 6) is 0.387. The highest BCUT2D eigenvalue weighted by atomic mass is 32.2. The Morgan fingerprint density at radius 3 is 2.68 bits per heavy atom. The van der Waals surface area contributed by atoms with Gasteiger partial charge in [0.2, 0.25) is 5.89 Å². The smallest absolute Gasteiger partial charge is 0.277 e. The molecule has 8 heteroatoms. The third kappa shape index (κ3) is 4.04. The summed E-state index contributed by atoms with van der Waals surface area (Å²) in [5.41, 5.74) is 2.43. The number of aliphatic hydroxyl groups is 1. The first-order chi connectivity index (χ1) is 12.1. The van der Waals surface area contributed by atoms with Crippen molar-refractivity contribution in [1.29, 1.82) is 0 Å². The second-order valence-electron chi connectivity index (χ2n) is 5.34. The summed E-state index contributed by atoms with van der Waals surface area (Å²) in [7, 11) is 0. The lowest BCUT2D eigenvalue weighted by molar-refractivity contribution is -0.384. The van der Waals surface area contributed by atoms with Crippen molar-refractivity contribution in [2.45, 2.75) is 24.0 Å². The van der Waals surface area contributed by atoms with Crippen LogP contribution in [0.5, 0.6) is 0 Å². The molecule has 1 heterocycles. The van der Waals surface area contributed by atoms with Crippen molar-refractivity contribution < 1.29 is 14.4 Å². The van der Waals surface area contributed by atoms with Crippen LogP contribution in [-0.2, 0) is 6.61 Å². The van der Waals surface area contributed by atoms with Crippen LogP contribution in [0.2, 0.25) is 0 Å². The number of non-ortho nitro benzene ring substituents is 1. The van der Waals surface area contributed by atoms with Gasteiger partial charge in [0.15, 0.2) is 0 Å². The van der Waals surface area contributed by atoms with E-state index in [-0.39, 0.29) is 17.5 Å². The van der Waals surface area contributed by atoms with Gasteiger partial charge in [-0.3, -0.25) is 10.1 Å². The Morgan fingerprint density at radius 2 is 2.00 bits per heavy atom. The molecule has 3 rings (SSSR count). The van der Waals surface area contributed by atoms with Crippen LogP contribution in [0.15, 0.2) is 58.2 Å². The largest absolute Gasteiger partial charge is 0.411 e. The average Bonchev–Trinajstić information content (AvgIpc) is 3.10. The second-order valence-corrected chi connectivity index (χ2v) is 6.63. The van der Waals surface area contributed by atoms with Crippen molar-refractivity contribution in [3.63, 3.8) is 0 Å². The first kappa shape index (κ1) is 17.1.